The highest BCUT2D eigenvalue weighted by molar-refractivity contribution is 7.91. The summed E-state index contributed by atoms with van der Waals surface area (Å²) in [5.41, 5.74) is 2.13. The van der Waals surface area contributed by atoms with E-state index in [1.165, 1.54) is 16.9 Å². The van der Waals surface area contributed by atoms with E-state index in [-0.39, 0.29) is 0 Å². The normalized spacial score (nSPS) is 13.8. The van der Waals surface area contributed by atoms with Gasteiger partial charge in [-0.25, -0.2) is 13.6 Å². The van der Waals surface area contributed by atoms with Crippen molar-refractivity contribution in [1.82, 2.24) is 0 Å². The maximum absolute atomic E-state index is 11.6. The molecule has 5 heteroatoms. The van der Waals surface area contributed by atoms with E-state index in [4.69, 9.17) is 5.14 Å². The van der Waals surface area contributed by atoms with Crippen LogP contribution in [-0.4, -0.2) is 8.42 Å². The van der Waals surface area contributed by atoms with E-state index in [0.29, 0.717) is 10.1 Å². The molecule has 1 heterocycles. The molecular weight excluding hydrogens is 266 g/mol. The Balaban J connectivity index is 3.09. The summed E-state index contributed by atoms with van der Waals surface area (Å²) in [6.45, 7) is 6.40. The van der Waals surface area contributed by atoms with Gasteiger partial charge in [-0.15, -0.1) is 11.3 Å². The molecule has 3 nitrogen and oxygen atoms in total. The monoisotopic (exact) mass is 289 g/mol. The molecular formula is C13H23NO2S2. The molecule has 1 rings (SSSR count). The van der Waals surface area contributed by atoms with Crippen LogP contribution in [0.15, 0.2) is 9.59 Å². The first kappa shape index (κ1) is 15.7. The van der Waals surface area contributed by atoms with Crippen molar-refractivity contribution in [3.63, 3.8) is 0 Å². The van der Waals surface area contributed by atoms with Crippen molar-refractivity contribution in [1.29, 1.82) is 0 Å². The Morgan fingerprint density at radius 3 is 2.50 bits per heavy atom. The molecule has 1 unspecified atom stereocenters. The van der Waals surface area contributed by atoms with Crippen molar-refractivity contribution >= 4 is 21.4 Å². The third kappa shape index (κ3) is 3.80. The Morgan fingerprint density at radius 1 is 1.33 bits per heavy atom. The predicted molar refractivity (Wildman–Crippen MR) is 77.6 cm³/mol. The third-order valence-corrected chi connectivity index (χ3v) is 5.90. The number of hydrogen-bond acceptors (Lipinski definition) is 3. The SMILES string of the molecule is CCCCCc1c(C(C)CC)csc1S(N)(=O)=O. The molecule has 0 aliphatic rings. The standard InChI is InChI=1S/C13H23NO2S2/c1-4-6-7-8-11-12(10(3)5-2)9-17-13(11)18(14,15)16/h9-10H,4-8H2,1-3H3,(H2,14,15,16). The fraction of sp³-hybridized carbons (Fsp3) is 0.692. The van der Waals surface area contributed by atoms with Gasteiger partial charge in [0, 0.05) is 0 Å². The average Bonchev–Trinajstić information content (AvgIpc) is 2.72. The van der Waals surface area contributed by atoms with Crippen LogP contribution in [0.1, 0.15) is 63.5 Å². The van der Waals surface area contributed by atoms with Crippen molar-refractivity contribution in [2.75, 3.05) is 0 Å². The van der Waals surface area contributed by atoms with Crippen LogP contribution in [0.5, 0.6) is 0 Å². The molecule has 1 aromatic rings. The highest BCUT2D eigenvalue weighted by Crippen LogP contribution is 2.34. The molecule has 0 aliphatic heterocycles. The number of thiophene rings is 1. The highest BCUT2D eigenvalue weighted by atomic mass is 32.2. The highest BCUT2D eigenvalue weighted by Gasteiger charge is 2.21. The molecule has 2 N–H and O–H groups in total. The minimum atomic E-state index is -3.57. The molecule has 0 radical (unpaired) electrons. The number of primary sulfonamides is 1. The summed E-state index contributed by atoms with van der Waals surface area (Å²) >= 11 is 1.27. The van der Waals surface area contributed by atoms with Gasteiger partial charge < -0.3 is 0 Å². The number of hydrogen-bond donors (Lipinski definition) is 1. The lowest BCUT2D eigenvalue weighted by Gasteiger charge is -2.11. The molecule has 0 saturated heterocycles. The van der Waals surface area contributed by atoms with Crippen LogP contribution in [0.25, 0.3) is 0 Å². The van der Waals surface area contributed by atoms with E-state index in [1.54, 1.807) is 0 Å². The van der Waals surface area contributed by atoms with E-state index in [2.05, 4.69) is 20.8 Å². The summed E-state index contributed by atoms with van der Waals surface area (Å²) < 4.78 is 23.6. The second kappa shape index (κ2) is 6.68. The third-order valence-electron chi connectivity index (χ3n) is 3.32. The van der Waals surface area contributed by atoms with Crippen LogP contribution in [-0.2, 0) is 16.4 Å². The van der Waals surface area contributed by atoms with Crippen molar-refractivity contribution in [2.45, 2.75) is 63.0 Å². The fourth-order valence-corrected chi connectivity index (χ4v) is 4.26. The summed E-state index contributed by atoms with van der Waals surface area (Å²) in [5, 5.41) is 7.27. The van der Waals surface area contributed by atoms with Crippen molar-refractivity contribution in [2.24, 2.45) is 5.14 Å². The number of sulfonamides is 1. The Kier molecular flexibility index (Phi) is 5.82. The first-order valence-corrected chi connectivity index (χ1v) is 8.97. The zero-order chi connectivity index (χ0) is 13.8. The molecule has 0 bridgehead atoms. The van der Waals surface area contributed by atoms with Gasteiger partial charge in [0.25, 0.3) is 0 Å². The van der Waals surface area contributed by atoms with Gasteiger partial charge in [-0.3, -0.25) is 0 Å². The molecule has 0 spiro atoms. The second-order valence-electron chi connectivity index (χ2n) is 4.77. The summed E-state index contributed by atoms with van der Waals surface area (Å²) in [6, 6.07) is 0. The largest absolute Gasteiger partial charge is 0.247 e. The van der Waals surface area contributed by atoms with Crippen LogP contribution < -0.4 is 5.14 Å². The smallest absolute Gasteiger partial charge is 0.224 e. The zero-order valence-corrected chi connectivity index (χ0v) is 13.0. The Bertz CT molecular complexity index is 477. The van der Waals surface area contributed by atoms with E-state index in [9.17, 15) is 8.42 Å². The van der Waals surface area contributed by atoms with E-state index < -0.39 is 10.0 Å². The van der Waals surface area contributed by atoms with Crippen molar-refractivity contribution in [3.8, 4) is 0 Å². The number of unbranched alkanes of at least 4 members (excludes halogenated alkanes) is 2. The molecule has 0 fully saturated rings. The summed E-state index contributed by atoms with van der Waals surface area (Å²) in [6.07, 6.45) is 5.12. The van der Waals surface area contributed by atoms with E-state index in [0.717, 1.165) is 37.7 Å². The van der Waals surface area contributed by atoms with Gasteiger partial charge in [0.2, 0.25) is 10.0 Å². The van der Waals surface area contributed by atoms with Gasteiger partial charge in [-0.1, -0.05) is 33.6 Å². The maximum atomic E-state index is 11.6. The van der Waals surface area contributed by atoms with Crippen LogP contribution in [0.4, 0.5) is 0 Å². The first-order chi connectivity index (χ1) is 8.41. The summed E-state index contributed by atoms with van der Waals surface area (Å²) in [4.78, 5) is 0. The maximum Gasteiger partial charge on any atom is 0.247 e. The van der Waals surface area contributed by atoms with Crippen LogP contribution >= 0.6 is 11.3 Å². The van der Waals surface area contributed by atoms with Gasteiger partial charge in [0.1, 0.15) is 4.21 Å². The number of rotatable bonds is 7. The lowest BCUT2D eigenvalue weighted by molar-refractivity contribution is 0.597. The molecule has 0 aliphatic carbocycles. The van der Waals surface area contributed by atoms with Crippen molar-refractivity contribution < 1.29 is 8.42 Å². The van der Waals surface area contributed by atoms with E-state index >= 15 is 0 Å². The fourth-order valence-electron chi connectivity index (χ4n) is 2.05. The quantitative estimate of drug-likeness (QED) is 0.779. The Hall–Kier alpha value is -0.390. The molecule has 0 saturated carbocycles. The van der Waals surface area contributed by atoms with Crippen LogP contribution in [0.3, 0.4) is 0 Å². The van der Waals surface area contributed by atoms with Gasteiger partial charge >= 0.3 is 0 Å². The summed E-state index contributed by atoms with van der Waals surface area (Å²) in [7, 11) is -3.57. The lowest BCUT2D eigenvalue weighted by atomic mass is 9.95. The molecule has 0 aromatic carbocycles. The minimum Gasteiger partial charge on any atom is -0.224 e. The number of nitrogens with two attached hydrogens (primary N) is 1. The van der Waals surface area contributed by atoms with Gasteiger partial charge in [0.15, 0.2) is 0 Å². The molecule has 18 heavy (non-hydrogen) atoms. The predicted octanol–water partition coefficient (Wildman–Crippen LogP) is 3.64. The Labute approximate surface area is 114 Å². The average molecular weight is 289 g/mol. The second-order valence-corrected chi connectivity index (χ2v) is 7.40. The van der Waals surface area contributed by atoms with E-state index in [1.807, 2.05) is 5.38 Å². The molecule has 1 aromatic heterocycles. The Morgan fingerprint density at radius 2 is 2.00 bits per heavy atom. The molecule has 0 amide bonds. The molecule has 1 atom stereocenters. The minimum absolute atomic E-state index is 0.369. The van der Waals surface area contributed by atoms with Crippen LogP contribution in [0.2, 0.25) is 0 Å². The summed E-state index contributed by atoms with van der Waals surface area (Å²) in [5.74, 6) is 0.397. The van der Waals surface area contributed by atoms with Gasteiger partial charge in [-0.2, -0.15) is 0 Å². The molecule has 104 valence electrons. The first-order valence-electron chi connectivity index (χ1n) is 6.54. The van der Waals surface area contributed by atoms with Gasteiger partial charge in [-0.05, 0) is 41.7 Å². The zero-order valence-electron chi connectivity index (χ0n) is 11.4. The lowest BCUT2D eigenvalue weighted by Crippen LogP contribution is -2.13. The van der Waals surface area contributed by atoms with Crippen LogP contribution in [0, 0.1) is 0 Å². The topological polar surface area (TPSA) is 60.2 Å². The van der Waals surface area contributed by atoms with Crippen molar-refractivity contribution in [3.05, 3.63) is 16.5 Å². The van der Waals surface area contributed by atoms with Gasteiger partial charge in [0.05, 0.1) is 0 Å².